The number of carbonyl (C=O) groups excluding carboxylic acids is 1. The summed E-state index contributed by atoms with van der Waals surface area (Å²) in [5.74, 6) is -0.825. The minimum absolute atomic E-state index is 0.0901. The van der Waals surface area contributed by atoms with Crippen LogP contribution >= 0.6 is 11.3 Å². The number of hydrogen-bond acceptors (Lipinski definition) is 4. The number of thiophene rings is 1. The van der Waals surface area contributed by atoms with Crippen LogP contribution in [0.4, 0.5) is 0 Å². The van der Waals surface area contributed by atoms with Crippen LogP contribution in [0, 0.1) is 6.92 Å². The van der Waals surface area contributed by atoms with E-state index in [0.717, 1.165) is 49.1 Å². The summed E-state index contributed by atoms with van der Waals surface area (Å²) in [6.45, 7) is 2.48. The van der Waals surface area contributed by atoms with Gasteiger partial charge in [0.15, 0.2) is 0 Å². The average Bonchev–Trinajstić information content (AvgIpc) is 3.11. The molecule has 2 heterocycles. The van der Waals surface area contributed by atoms with E-state index in [1.165, 1.54) is 0 Å². The van der Waals surface area contributed by atoms with Gasteiger partial charge in [-0.15, -0.1) is 0 Å². The number of hydrogen-bond donors (Lipinski definition) is 2. The van der Waals surface area contributed by atoms with Crippen LogP contribution in [0.25, 0.3) is 11.3 Å². The molecule has 0 saturated heterocycles. The predicted molar refractivity (Wildman–Crippen MR) is 100.0 cm³/mol. The number of rotatable bonds is 10. The van der Waals surface area contributed by atoms with Crippen molar-refractivity contribution >= 4 is 23.2 Å². The molecular formula is C19H24N2O3S. The molecule has 25 heavy (non-hydrogen) atoms. The van der Waals surface area contributed by atoms with Crippen LogP contribution in [0.2, 0.25) is 0 Å². The zero-order valence-corrected chi connectivity index (χ0v) is 15.3. The second-order valence-corrected chi connectivity index (χ2v) is 6.79. The Hall–Kier alpha value is -2.21. The highest BCUT2D eigenvalue weighted by atomic mass is 32.1. The number of nitrogens with one attached hydrogen (secondary N) is 1. The van der Waals surface area contributed by atoms with Gasteiger partial charge in [0, 0.05) is 23.9 Å². The second kappa shape index (κ2) is 9.93. The molecule has 5 nitrogen and oxygen atoms in total. The fourth-order valence-corrected chi connectivity index (χ4v) is 3.25. The monoisotopic (exact) mass is 360 g/mol. The number of aryl methyl sites for hydroxylation is 1. The normalized spacial score (nSPS) is 10.6. The molecule has 0 aliphatic rings. The van der Waals surface area contributed by atoms with Gasteiger partial charge in [-0.1, -0.05) is 19.3 Å². The molecule has 0 radical (unpaired) electrons. The summed E-state index contributed by atoms with van der Waals surface area (Å²) in [5, 5.41) is 15.5. The first-order valence-electron chi connectivity index (χ1n) is 8.58. The van der Waals surface area contributed by atoms with E-state index in [1.807, 2.05) is 35.9 Å². The van der Waals surface area contributed by atoms with E-state index >= 15 is 0 Å². The number of carboxylic acids is 1. The Labute approximate surface area is 152 Å². The molecule has 0 atom stereocenters. The smallest absolute Gasteiger partial charge is 0.303 e. The molecule has 2 aromatic heterocycles. The summed E-state index contributed by atoms with van der Waals surface area (Å²) in [5.41, 5.74) is 3.30. The largest absolute Gasteiger partial charge is 0.481 e. The van der Waals surface area contributed by atoms with Crippen molar-refractivity contribution in [2.24, 2.45) is 0 Å². The standard InChI is InChI=1S/C19H24N2O3S/c1-14-16(8-9-17(21-14)15-10-12-25-13-15)19(24)20-11-6-4-2-3-5-7-18(22)23/h8-10,12-13H,2-7,11H2,1H3,(H,20,24)(H,22,23). The number of aliphatic carboxylic acids is 1. The molecule has 0 spiro atoms. The molecule has 0 saturated carbocycles. The summed E-state index contributed by atoms with van der Waals surface area (Å²) >= 11 is 1.62. The predicted octanol–water partition coefficient (Wildman–Crippen LogP) is 4.27. The molecule has 0 aliphatic carbocycles. The topological polar surface area (TPSA) is 79.3 Å². The van der Waals surface area contributed by atoms with Gasteiger partial charge in [0.1, 0.15) is 0 Å². The number of carbonyl (C=O) groups is 2. The van der Waals surface area contributed by atoms with E-state index in [-0.39, 0.29) is 12.3 Å². The van der Waals surface area contributed by atoms with Gasteiger partial charge in [-0.05, 0) is 43.3 Å². The minimum Gasteiger partial charge on any atom is -0.481 e. The van der Waals surface area contributed by atoms with Crippen LogP contribution in [-0.4, -0.2) is 28.5 Å². The molecule has 0 unspecified atom stereocenters. The molecule has 0 aromatic carbocycles. The molecule has 0 fully saturated rings. The van der Waals surface area contributed by atoms with Gasteiger partial charge in [0.25, 0.3) is 5.91 Å². The van der Waals surface area contributed by atoms with Crippen LogP contribution in [0.1, 0.15) is 54.6 Å². The van der Waals surface area contributed by atoms with Crippen molar-refractivity contribution < 1.29 is 14.7 Å². The lowest BCUT2D eigenvalue weighted by molar-refractivity contribution is -0.137. The van der Waals surface area contributed by atoms with Crippen LogP contribution in [0.15, 0.2) is 29.0 Å². The van der Waals surface area contributed by atoms with Crippen molar-refractivity contribution in [3.05, 3.63) is 40.2 Å². The third-order valence-electron chi connectivity index (χ3n) is 4.00. The molecule has 0 bridgehead atoms. The van der Waals surface area contributed by atoms with Crippen molar-refractivity contribution in [1.82, 2.24) is 10.3 Å². The molecule has 2 aromatic rings. The molecule has 0 aliphatic heterocycles. The van der Waals surface area contributed by atoms with Crippen molar-refractivity contribution in [3.63, 3.8) is 0 Å². The molecule has 2 N–H and O–H groups in total. The number of amides is 1. The summed E-state index contributed by atoms with van der Waals surface area (Å²) in [6.07, 6.45) is 4.78. The third-order valence-corrected chi connectivity index (χ3v) is 4.68. The van der Waals surface area contributed by atoms with E-state index in [0.29, 0.717) is 12.1 Å². The van der Waals surface area contributed by atoms with Gasteiger partial charge in [-0.3, -0.25) is 14.6 Å². The lowest BCUT2D eigenvalue weighted by Crippen LogP contribution is -2.25. The highest BCUT2D eigenvalue weighted by Gasteiger charge is 2.11. The molecule has 6 heteroatoms. The van der Waals surface area contributed by atoms with E-state index in [1.54, 1.807) is 11.3 Å². The Balaban J connectivity index is 1.71. The van der Waals surface area contributed by atoms with Crippen molar-refractivity contribution in [1.29, 1.82) is 0 Å². The second-order valence-electron chi connectivity index (χ2n) is 6.01. The number of aromatic nitrogens is 1. The fourth-order valence-electron chi connectivity index (χ4n) is 2.60. The molecule has 134 valence electrons. The number of unbranched alkanes of at least 4 members (excludes halogenated alkanes) is 4. The van der Waals surface area contributed by atoms with Crippen molar-refractivity contribution in [3.8, 4) is 11.3 Å². The number of carboxylic acid groups (broad SMARTS) is 1. The van der Waals surface area contributed by atoms with Gasteiger partial charge in [0.2, 0.25) is 0 Å². The van der Waals surface area contributed by atoms with Gasteiger partial charge >= 0.3 is 5.97 Å². The van der Waals surface area contributed by atoms with Crippen molar-refractivity contribution in [2.45, 2.75) is 45.4 Å². The Morgan fingerprint density at radius 3 is 2.56 bits per heavy atom. The maximum absolute atomic E-state index is 12.3. The summed E-state index contributed by atoms with van der Waals surface area (Å²) in [7, 11) is 0. The Bertz CT molecular complexity index is 699. The lowest BCUT2D eigenvalue weighted by atomic mass is 10.1. The van der Waals surface area contributed by atoms with Gasteiger partial charge in [0.05, 0.1) is 17.0 Å². The van der Waals surface area contributed by atoms with Crippen LogP contribution in [-0.2, 0) is 4.79 Å². The van der Waals surface area contributed by atoms with Crippen LogP contribution in [0.5, 0.6) is 0 Å². The SMILES string of the molecule is Cc1nc(-c2ccsc2)ccc1C(=O)NCCCCCCCC(=O)O. The first-order valence-corrected chi connectivity index (χ1v) is 9.52. The molecule has 1 amide bonds. The lowest BCUT2D eigenvalue weighted by Gasteiger charge is -2.08. The minimum atomic E-state index is -0.735. The van der Waals surface area contributed by atoms with E-state index in [4.69, 9.17) is 5.11 Å². The third kappa shape index (κ3) is 6.31. The molecule has 2 rings (SSSR count). The zero-order chi connectivity index (χ0) is 18.1. The Morgan fingerprint density at radius 1 is 1.12 bits per heavy atom. The number of pyridine rings is 1. The molecular weight excluding hydrogens is 336 g/mol. The Morgan fingerprint density at radius 2 is 1.88 bits per heavy atom. The first kappa shape index (κ1) is 19.1. The van der Waals surface area contributed by atoms with Crippen LogP contribution < -0.4 is 5.32 Å². The quantitative estimate of drug-likeness (QED) is 0.620. The summed E-state index contributed by atoms with van der Waals surface area (Å²) in [4.78, 5) is 27.2. The maximum Gasteiger partial charge on any atom is 0.303 e. The highest BCUT2D eigenvalue weighted by Crippen LogP contribution is 2.21. The average molecular weight is 360 g/mol. The fraction of sp³-hybridized carbons (Fsp3) is 0.421. The first-order chi connectivity index (χ1) is 12.1. The highest BCUT2D eigenvalue weighted by molar-refractivity contribution is 7.08. The van der Waals surface area contributed by atoms with Gasteiger partial charge < -0.3 is 10.4 Å². The van der Waals surface area contributed by atoms with Gasteiger partial charge in [-0.2, -0.15) is 11.3 Å². The number of nitrogens with zero attached hydrogens (tertiary/aromatic N) is 1. The summed E-state index contributed by atoms with van der Waals surface area (Å²) < 4.78 is 0. The van der Waals surface area contributed by atoms with Crippen LogP contribution in [0.3, 0.4) is 0 Å². The Kier molecular flexibility index (Phi) is 7.60. The zero-order valence-electron chi connectivity index (χ0n) is 14.5. The van der Waals surface area contributed by atoms with Crippen molar-refractivity contribution in [2.75, 3.05) is 6.54 Å². The van der Waals surface area contributed by atoms with E-state index in [2.05, 4.69) is 10.3 Å². The summed E-state index contributed by atoms with van der Waals surface area (Å²) in [6, 6.07) is 5.73. The maximum atomic E-state index is 12.3. The van der Waals surface area contributed by atoms with E-state index < -0.39 is 5.97 Å². The van der Waals surface area contributed by atoms with E-state index in [9.17, 15) is 9.59 Å². The van der Waals surface area contributed by atoms with Gasteiger partial charge in [-0.25, -0.2) is 0 Å².